The van der Waals surface area contributed by atoms with Crippen molar-refractivity contribution in [3.8, 4) is 11.4 Å². The van der Waals surface area contributed by atoms with Gasteiger partial charge >= 0.3 is 0 Å². The van der Waals surface area contributed by atoms with Crippen LogP contribution < -0.4 is 5.32 Å². The normalized spacial score (nSPS) is 10.9. The molecule has 0 saturated carbocycles. The van der Waals surface area contributed by atoms with Crippen LogP contribution in [0.25, 0.3) is 11.4 Å². The Balaban J connectivity index is 1.90. The monoisotopic (exact) mass is 245 g/mol. The molecule has 2 N–H and O–H groups in total. The minimum atomic E-state index is 0.628. The standard InChI is InChI=1S/C12H15N5O/c1-18-7-6-13-8-14-11-4-2-10(3-5-11)12-15-9-16-17-12/h2-5,8-9H,6-7H2,1H3,(H,13,14)(H,15,16,17). The van der Waals surface area contributed by atoms with Gasteiger partial charge in [0.15, 0.2) is 5.82 Å². The maximum Gasteiger partial charge on any atom is 0.155 e. The highest BCUT2D eigenvalue weighted by atomic mass is 16.5. The molecule has 18 heavy (non-hydrogen) atoms. The zero-order valence-electron chi connectivity index (χ0n) is 10.1. The molecule has 0 saturated heterocycles. The zero-order chi connectivity index (χ0) is 12.6. The first kappa shape index (κ1) is 12.3. The number of benzene rings is 1. The van der Waals surface area contributed by atoms with E-state index in [1.54, 1.807) is 13.4 Å². The number of aromatic nitrogens is 3. The van der Waals surface area contributed by atoms with E-state index in [0.717, 1.165) is 17.1 Å². The van der Waals surface area contributed by atoms with Crippen molar-refractivity contribution >= 4 is 12.0 Å². The van der Waals surface area contributed by atoms with E-state index >= 15 is 0 Å². The molecule has 0 radical (unpaired) electrons. The van der Waals surface area contributed by atoms with Crippen molar-refractivity contribution in [3.63, 3.8) is 0 Å². The lowest BCUT2D eigenvalue weighted by molar-refractivity contribution is 0.208. The van der Waals surface area contributed by atoms with E-state index in [1.165, 1.54) is 6.33 Å². The molecule has 1 heterocycles. The van der Waals surface area contributed by atoms with Gasteiger partial charge in [0.05, 0.1) is 19.5 Å². The number of hydrogen-bond acceptors (Lipinski definition) is 4. The highest BCUT2D eigenvalue weighted by Crippen LogP contribution is 2.16. The van der Waals surface area contributed by atoms with E-state index in [0.29, 0.717) is 13.2 Å². The summed E-state index contributed by atoms with van der Waals surface area (Å²) in [7, 11) is 1.66. The maximum absolute atomic E-state index is 4.89. The molecule has 0 atom stereocenters. The largest absolute Gasteiger partial charge is 0.383 e. The highest BCUT2D eigenvalue weighted by molar-refractivity contribution is 5.76. The van der Waals surface area contributed by atoms with Crippen LogP contribution in [0.15, 0.2) is 35.6 Å². The number of aromatic amines is 1. The zero-order valence-corrected chi connectivity index (χ0v) is 10.1. The molecule has 1 aromatic carbocycles. The lowest BCUT2D eigenvalue weighted by Crippen LogP contribution is -1.98. The Morgan fingerprint density at radius 1 is 1.39 bits per heavy atom. The number of aliphatic imine (C=N–C) groups is 1. The minimum absolute atomic E-state index is 0.628. The van der Waals surface area contributed by atoms with Crippen LogP contribution in [0.2, 0.25) is 0 Å². The van der Waals surface area contributed by atoms with E-state index in [4.69, 9.17) is 4.74 Å². The topological polar surface area (TPSA) is 75.2 Å². The van der Waals surface area contributed by atoms with Crippen LogP contribution in [0.3, 0.4) is 0 Å². The van der Waals surface area contributed by atoms with Crippen LogP contribution >= 0.6 is 0 Å². The number of rotatable bonds is 6. The van der Waals surface area contributed by atoms with Gasteiger partial charge in [0.2, 0.25) is 0 Å². The second-order valence-corrected chi connectivity index (χ2v) is 3.58. The third-order valence-electron chi connectivity index (χ3n) is 2.32. The van der Waals surface area contributed by atoms with Crippen molar-refractivity contribution in [2.75, 3.05) is 25.6 Å². The molecule has 2 aromatic rings. The molecule has 0 aliphatic heterocycles. The quantitative estimate of drug-likeness (QED) is 0.460. The molecule has 0 spiro atoms. The van der Waals surface area contributed by atoms with Crippen LogP contribution in [-0.4, -0.2) is 41.8 Å². The van der Waals surface area contributed by atoms with Crippen molar-refractivity contribution < 1.29 is 4.74 Å². The number of anilines is 1. The molecule has 0 fully saturated rings. The summed E-state index contributed by atoms with van der Waals surface area (Å²) in [5.74, 6) is 0.760. The molecule has 2 rings (SSSR count). The Hall–Kier alpha value is -2.21. The molecule has 6 heteroatoms. The van der Waals surface area contributed by atoms with Gasteiger partial charge in [0.25, 0.3) is 0 Å². The Bertz CT molecular complexity index is 478. The number of hydrogen-bond donors (Lipinski definition) is 2. The van der Waals surface area contributed by atoms with Gasteiger partial charge in [-0.2, -0.15) is 5.10 Å². The highest BCUT2D eigenvalue weighted by Gasteiger charge is 1.99. The van der Waals surface area contributed by atoms with Crippen molar-refractivity contribution in [1.82, 2.24) is 15.2 Å². The third kappa shape index (κ3) is 3.39. The Morgan fingerprint density at radius 3 is 2.89 bits per heavy atom. The summed E-state index contributed by atoms with van der Waals surface area (Å²) in [6, 6.07) is 7.85. The van der Waals surface area contributed by atoms with E-state index in [1.807, 2.05) is 24.3 Å². The molecule has 0 bridgehead atoms. The Labute approximate surface area is 105 Å². The summed E-state index contributed by atoms with van der Waals surface area (Å²) in [4.78, 5) is 8.22. The molecule has 0 aliphatic carbocycles. The summed E-state index contributed by atoms with van der Waals surface area (Å²) in [5.41, 5.74) is 1.97. The van der Waals surface area contributed by atoms with Gasteiger partial charge in [-0.05, 0) is 24.3 Å². The fourth-order valence-corrected chi connectivity index (χ4v) is 1.40. The molecule has 0 aliphatic rings. The maximum atomic E-state index is 4.89. The molecule has 6 nitrogen and oxygen atoms in total. The number of methoxy groups -OCH3 is 1. The van der Waals surface area contributed by atoms with Gasteiger partial charge in [-0.15, -0.1) is 0 Å². The predicted molar refractivity (Wildman–Crippen MR) is 70.7 cm³/mol. The second-order valence-electron chi connectivity index (χ2n) is 3.58. The number of ether oxygens (including phenoxy) is 1. The molecular weight excluding hydrogens is 230 g/mol. The average molecular weight is 245 g/mol. The third-order valence-corrected chi connectivity index (χ3v) is 2.32. The molecule has 0 unspecified atom stereocenters. The molecule has 94 valence electrons. The fraction of sp³-hybridized carbons (Fsp3) is 0.250. The summed E-state index contributed by atoms with van der Waals surface area (Å²) in [6.07, 6.45) is 3.16. The van der Waals surface area contributed by atoms with Crippen LogP contribution in [0.1, 0.15) is 0 Å². The minimum Gasteiger partial charge on any atom is -0.383 e. The molecule has 0 amide bonds. The van der Waals surface area contributed by atoms with E-state index in [-0.39, 0.29) is 0 Å². The number of H-pyrrole nitrogens is 1. The summed E-state index contributed by atoms with van der Waals surface area (Å²) < 4.78 is 4.89. The van der Waals surface area contributed by atoms with Crippen LogP contribution in [0.4, 0.5) is 5.69 Å². The van der Waals surface area contributed by atoms with Crippen LogP contribution in [0, 0.1) is 0 Å². The molecular formula is C12H15N5O. The van der Waals surface area contributed by atoms with Gasteiger partial charge in [-0.1, -0.05) is 0 Å². The summed E-state index contributed by atoms with van der Waals surface area (Å²) in [6.45, 7) is 1.28. The average Bonchev–Trinajstić information content (AvgIpc) is 2.93. The fourth-order valence-electron chi connectivity index (χ4n) is 1.40. The second kappa shape index (κ2) is 6.51. The predicted octanol–water partition coefficient (Wildman–Crippen LogP) is 1.56. The van der Waals surface area contributed by atoms with Gasteiger partial charge in [0, 0.05) is 18.4 Å². The van der Waals surface area contributed by atoms with Gasteiger partial charge < -0.3 is 10.1 Å². The van der Waals surface area contributed by atoms with Crippen molar-refractivity contribution in [3.05, 3.63) is 30.6 Å². The van der Waals surface area contributed by atoms with E-state index in [9.17, 15) is 0 Å². The van der Waals surface area contributed by atoms with Crippen molar-refractivity contribution in [2.24, 2.45) is 4.99 Å². The first-order valence-electron chi connectivity index (χ1n) is 5.60. The SMILES string of the molecule is COCCN=CNc1ccc(-c2ncn[nH]2)cc1. The summed E-state index contributed by atoms with van der Waals surface area (Å²) >= 11 is 0. The number of nitrogens with one attached hydrogen (secondary N) is 2. The first-order valence-corrected chi connectivity index (χ1v) is 5.60. The van der Waals surface area contributed by atoms with Crippen molar-refractivity contribution in [1.29, 1.82) is 0 Å². The Morgan fingerprint density at radius 2 is 2.22 bits per heavy atom. The molecule has 1 aromatic heterocycles. The van der Waals surface area contributed by atoms with Crippen LogP contribution in [-0.2, 0) is 4.74 Å². The number of nitrogens with zero attached hydrogens (tertiary/aromatic N) is 3. The van der Waals surface area contributed by atoms with E-state index < -0.39 is 0 Å². The van der Waals surface area contributed by atoms with Gasteiger partial charge in [-0.3, -0.25) is 10.1 Å². The van der Waals surface area contributed by atoms with Crippen LogP contribution in [0.5, 0.6) is 0 Å². The van der Waals surface area contributed by atoms with Gasteiger partial charge in [-0.25, -0.2) is 4.98 Å². The van der Waals surface area contributed by atoms with Gasteiger partial charge in [0.1, 0.15) is 6.33 Å². The smallest absolute Gasteiger partial charge is 0.155 e. The lowest BCUT2D eigenvalue weighted by Gasteiger charge is -2.01. The lowest BCUT2D eigenvalue weighted by atomic mass is 10.2. The first-order chi connectivity index (χ1) is 8.90. The van der Waals surface area contributed by atoms with E-state index in [2.05, 4.69) is 25.5 Å². The van der Waals surface area contributed by atoms with Crippen molar-refractivity contribution in [2.45, 2.75) is 0 Å². The Kier molecular flexibility index (Phi) is 4.43. The summed E-state index contributed by atoms with van der Waals surface area (Å²) in [5, 5.41) is 9.71.